The molecule has 0 spiro atoms. The number of hydrogen-bond acceptors (Lipinski definition) is 6. The van der Waals surface area contributed by atoms with E-state index >= 15 is 0 Å². The smallest absolute Gasteiger partial charge is 0.350 e. The Balaban J connectivity index is 3.48. The van der Waals surface area contributed by atoms with Crippen LogP contribution in [0.1, 0.15) is 0 Å². The van der Waals surface area contributed by atoms with Crippen molar-refractivity contribution >= 4 is 11.7 Å². The van der Waals surface area contributed by atoms with Crippen LogP contribution >= 0.6 is 0 Å². The largest absolute Gasteiger partial charge is 0.468 e. The van der Waals surface area contributed by atoms with Crippen LogP contribution in [-0.4, -0.2) is 27.1 Å². The first-order chi connectivity index (χ1) is 7.88. The van der Waals surface area contributed by atoms with Gasteiger partial charge in [-0.15, -0.1) is 0 Å². The molecule has 0 saturated heterocycles. The predicted octanol–water partition coefficient (Wildman–Crippen LogP) is -1.37. The molecule has 0 saturated carbocycles. The van der Waals surface area contributed by atoms with Gasteiger partial charge in [-0.25, -0.2) is 9.36 Å². The van der Waals surface area contributed by atoms with E-state index in [1.165, 1.54) is 7.05 Å². The molecule has 1 aromatic heterocycles. The highest BCUT2D eigenvalue weighted by molar-refractivity contribution is 5.68. The van der Waals surface area contributed by atoms with E-state index in [-0.39, 0.29) is 0 Å². The number of nitro groups is 1. The van der Waals surface area contributed by atoms with E-state index in [9.17, 15) is 24.5 Å². The molecule has 0 aliphatic carbocycles. The lowest BCUT2D eigenvalue weighted by molar-refractivity contribution is -0.387. The maximum absolute atomic E-state index is 11.5. The van der Waals surface area contributed by atoms with E-state index in [1.54, 1.807) is 0 Å². The zero-order valence-corrected chi connectivity index (χ0v) is 9.08. The van der Waals surface area contributed by atoms with E-state index < -0.39 is 34.4 Å². The van der Waals surface area contributed by atoms with Crippen LogP contribution in [0.15, 0.2) is 15.8 Å². The fraction of sp³-hybridized carbons (Fsp3) is 0.375. The Morgan fingerprint density at radius 3 is 2.59 bits per heavy atom. The standard InChI is InChI=1S/C8H9N3O6/c1-9-3-5(11(15)16)7(13)10(8(9)14)4-6(12)17-2/h3H,4H2,1-2H3. The van der Waals surface area contributed by atoms with Crippen molar-refractivity contribution in [2.24, 2.45) is 7.05 Å². The van der Waals surface area contributed by atoms with Crippen molar-refractivity contribution in [2.75, 3.05) is 7.11 Å². The lowest BCUT2D eigenvalue weighted by Crippen LogP contribution is -2.41. The summed E-state index contributed by atoms with van der Waals surface area (Å²) < 4.78 is 5.59. The van der Waals surface area contributed by atoms with Gasteiger partial charge in [-0.1, -0.05) is 0 Å². The molecule has 9 heteroatoms. The molecule has 9 nitrogen and oxygen atoms in total. The van der Waals surface area contributed by atoms with Crippen molar-refractivity contribution < 1.29 is 14.5 Å². The topological polar surface area (TPSA) is 113 Å². The highest BCUT2D eigenvalue weighted by atomic mass is 16.6. The van der Waals surface area contributed by atoms with E-state index in [0.29, 0.717) is 4.57 Å². The second-order valence-electron chi connectivity index (χ2n) is 3.13. The maximum Gasteiger partial charge on any atom is 0.350 e. The van der Waals surface area contributed by atoms with Crippen LogP contribution in [0, 0.1) is 10.1 Å². The molecular formula is C8H9N3O6. The lowest BCUT2D eigenvalue weighted by Gasteiger charge is -2.05. The minimum Gasteiger partial charge on any atom is -0.468 e. The summed E-state index contributed by atoms with van der Waals surface area (Å²) in [7, 11) is 2.32. The van der Waals surface area contributed by atoms with Crippen molar-refractivity contribution in [1.29, 1.82) is 0 Å². The first-order valence-electron chi connectivity index (χ1n) is 4.40. The summed E-state index contributed by atoms with van der Waals surface area (Å²) in [5.41, 5.74) is -2.74. The van der Waals surface area contributed by atoms with E-state index in [0.717, 1.165) is 17.9 Å². The molecule has 0 bridgehead atoms. The molecule has 0 aliphatic heterocycles. The normalized spacial score (nSPS) is 10.0. The summed E-state index contributed by atoms with van der Waals surface area (Å²) in [6.45, 7) is -0.663. The Labute approximate surface area is 94.0 Å². The molecule has 1 aromatic rings. The van der Waals surface area contributed by atoms with Crippen LogP contribution in [0.2, 0.25) is 0 Å². The minimum atomic E-state index is -1.14. The molecule has 1 rings (SSSR count). The van der Waals surface area contributed by atoms with Gasteiger partial charge in [0.15, 0.2) is 0 Å². The Morgan fingerprint density at radius 2 is 2.12 bits per heavy atom. The molecule has 1 heterocycles. The van der Waals surface area contributed by atoms with Gasteiger partial charge in [0.2, 0.25) is 0 Å². The Kier molecular flexibility index (Phi) is 3.41. The van der Waals surface area contributed by atoms with Crippen LogP contribution in [0.4, 0.5) is 5.69 Å². The minimum absolute atomic E-state index is 0.448. The second-order valence-corrected chi connectivity index (χ2v) is 3.13. The summed E-state index contributed by atoms with van der Waals surface area (Å²) in [6.07, 6.45) is 0.804. The number of ether oxygens (including phenoxy) is 1. The van der Waals surface area contributed by atoms with Gasteiger partial charge in [-0.05, 0) is 0 Å². The number of aryl methyl sites for hydroxylation is 1. The summed E-state index contributed by atoms with van der Waals surface area (Å²) in [6, 6.07) is 0. The van der Waals surface area contributed by atoms with Gasteiger partial charge in [0.1, 0.15) is 6.54 Å². The Morgan fingerprint density at radius 1 is 1.53 bits per heavy atom. The molecule has 0 aliphatic rings. The van der Waals surface area contributed by atoms with Crippen molar-refractivity contribution in [3.63, 3.8) is 0 Å². The molecule has 0 unspecified atom stereocenters. The molecule has 92 valence electrons. The Hall–Kier alpha value is -2.45. The summed E-state index contributed by atoms with van der Waals surface area (Å²) in [5, 5.41) is 10.6. The van der Waals surface area contributed by atoms with E-state index in [1.807, 2.05) is 0 Å². The van der Waals surface area contributed by atoms with Gasteiger partial charge < -0.3 is 4.74 Å². The molecule has 0 fully saturated rings. The number of esters is 1. The zero-order chi connectivity index (χ0) is 13.2. The average Bonchev–Trinajstić information content (AvgIpc) is 2.28. The molecule has 0 amide bonds. The first-order valence-corrected chi connectivity index (χ1v) is 4.40. The van der Waals surface area contributed by atoms with Crippen LogP contribution < -0.4 is 11.2 Å². The van der Waals surface area contributed by atoms with Crippen molar-refractivity contribution in [1.82, 2.24) is 9.13 Å². The van der Waals surface area contributed by atoms with Gasteiger partial charge in [0.05, 0.1) is 18.2 Å². The SMILES string of the molecule is COC(=O)Cn1c(=O)c([N+](=O)[O-])cn(C)c1=O. The quantitative estimate of drug-likeness (QED) is 0.367. The monoisotopic (exact) mass is 243 g/mol. The lowest BCUT2D eigenvalue weighted by atomic mass is 10.5. The first kappa shape index (κ1) is 12.6. The number of hydrogen-bond donors (Lipinski definition) is 0. The fourth-order valence-electron chi connectivity index (χ4n) is 1.17. The molecule has 0 radical (unpaired) electrons. The molecule has 0 atom stereocenters. The van der Waals surface area contributed by atoms with E-state index in [2.05, 4.69) is 4.74 Å². The zero-order valence-electron chi connectivity index (χ0n) is 9.08. The summed E-state index contributed by atoms with van der Waals surface area (Å²) >= 11 is 0. The van der Waals surface area contributed by atoms with Gasteiger partial charge in [-0.2, -0.15) is 0 Å². The molecule has 0 aromatic carbocycles. The van der Waals surface area contributed by atoms with Gasteiger partial charge in [0, 0.05) is 7.05 Å². The number of aromatic nitrogens is 2. The molecule has 17 heavy (non-hydrogen) atoms. The third-order valence-electron chi connectivity index (χ3n) is 2.02. The third kappa shape index (κ3) is 2.38. The highest BCUT2D eigenvalue weighted by Crippen LogP contribution is 1.99. The Bertz CT molecular complexity index is 584. The van der Waals surface area contributed by atoms with Gasteiger partial charge in [-0.3, -0.25) is 24.3 Å². The summed E-state index contributed by atoms with van der Waals surface area (Å²) in [4.78, 5) is 43.7. The van der Waals surface area contributed by atoms with Gasteiger partial charge >= 0.3 is 22.9 Å². The van der Waals surface area contributed by atoms with Gasteiger partial charge in [0.25, 0.3) is 0 Å². The number of rotatable bonds is 3. The second kappa shape index (κ2) is 4.60. The van der Waals surface area contributed by atoms with Crippen LogP contribution in [-0.2, 0) is 23.1 Å². The maximum atomic E-state index is 11.5. The number of nitrogens with zero attached hydrogens (tertiary/aromatic N) is 3. The highest BCUT2D eigenvalue weighted by Gasteiger charge is 2.20. The van der Waals surface area contributed by atoms with E-state index in [4.69, 9.17) is 0 Å². The summed E-state index contributed by atoms with van der Waals surface area (Å²) in [5.74, 6) is -0.843. The van der Waals surface area contributed by atoms with Crippen molar-refractivity contribution in [3.05, 3.63) is 37.1 Å². The fourth-order valence-corrected chi connectivity index (χ4v) is 1.17. The average molecular weight is 243 g/mol. The third-order valence-corrected chi connectivity index (χ3v) is 2.02. The number of methoxy groups -OCH3 is 1. The number of carbonyl (C=O) groups excluding carboxylic acids is 1. The molecule has 0 N–H and O–H groups in total. The van der Waals surface area contributed by atoms with Crippen molar-refractivity contribution in [3.8, 4) is 0 Å². The van der Waals surface area contributed by atoms with Crippen LogP contribution in [0.3, 0.4) is 0 Å². The van der Waals surface area contributed by atoms with Crippen LogP contribution in [0.5, 0.6) is 0 Å². The molecular weight excluding hydrogens is 234 g/mol. The number of carbonyl (C=O) groups is 1. The van der Waals surface area contributed by atoms with Crippen molar-refractivity contribution in [2.45, 2.75) is 6.54 Å². The predicted molar refractivity (Wildman–Crippen MR) is 54.6 cm³/mol. The van der Waals surface area contributed by atoms with Crippen LogP contribution in [0.25, 0.3) is 0 Å².